The van der Waals surface area contributed by atoms with Crippen LogP contribution in [-0.4, -0.2) is 32.8 Å². The quantitative estimate of drug-likeness (QED) is 0.867. The maximum atomic E-state index is 5.65. The van der Waals surface area contributed by atoms with Crippen LogP contribution in [0.2, 0.25) is 0 Å². The minimum atomic E-state index is 0.502. The molecular weight excluding hydrogens is 224 g/mol. The van der Waals surface area contributed by atoms with Crippen LogP contribution in [0.15, 0.2) is 24.3 Å². The lowest BCUT2D eigenvalue weighted by molar-refractivity contribution is 0.0784. The van der Waals surface area contributed by atoms with Gasteiger partial charge >= 0.3 is 0 Å². The van der Waals surface area contributed by atoms with E-state index in [4.69, 9.17) is 4.74 Å². The number of nitrogens with one attached hydrogen (secondary N) is 1. The van der Waals surface area contributed by atoms with Crippen LogP contribution >= 0.6 is 0 Å². The molecule has 0 spiro atoms. The Bertz CT molecular complexity index is 401. The minimum Gasteiger partial charge on any atom is -0.379 e. The number of hydrogen-bond donors (Lipinski definition) is 1. The van der Waals surface area contributed by atoms with Gasteiger partial charge in [0.05, 0.1) is 12.6 Å². The molecule has 3 heteroatoms. The highest BCUT2D eigenvalue weighted by atomic mass is 16.5. The van der Waals surface area contributed by atoms with Gasteiger partial charge in [-0.05, 0) is 37.9 Å². The summed E-state index contributed by atoms with van der Waals surface area (Å²) in [6.45, 7) is 2.96. The molecule has 0 aromatic heterocycles. The molecule has 2 unspecified atom stereocenters. The number of nitrogens with zero attached hydrogens (tertiary/aromatic N) is 1. The molecule has 1 fully saturated rings. The summed E-state index contributed by atoms with van der Waals surface area (Å²) in [5.74, 6) is 0. The summed E-state index contributed by atoms with van der Waals surface area (Å²) in [6.07, 6.45) is 3.64. The molecule has 0 aliphatic carbocycles. The van der Waals surface area contributed by atoms with Gasteiger partial charge in [0, 0.05) is 24.9 Å². The Morgan fingerprint density at radius 2 is 2.17 bits per heavy atom. The van der Waals surface area contributed by atoms with Gasteiger partial charge in [0.1, 0.15) is 0 Å². The van der Waals surface area contributed by atoms with Crippen molar-refractivity contribution in [2.75, 3.05) is 31.7 Å². The smallest absolute Gasteiger partial charge is 0.0669 e. The Kier molecular flexibility index (Phi) is 3.52. The minimum absolute atomic E-state index is 0.502. The average molecular weight is 246 g/mol. The van der Waals surface area contributed by atoms with Crippen LogP contribution in [0.5, 0.6) is 0 Å². The molecule has 3 nitrogen and oxygen atoms in total. The van der Waals surface area contributed by atoms with Gasteiger partial charge < -0.3 is 15.0 Å². The highest BCUT2D eigenvalue weighted by Gasteiger charge is 2.29. The maximum absolute atomic E-state index is 5.65. The van der Waals surface area contributed by atoms with Gasteiger partial charge in [0.25, 0.3) is 0 Å². The van der Waals surface area contributed by atoms with Crippen LogP contribution in [0.25, 0.3) is 0 Å². The van der Waals surface area contributed by atoms with Crippen molar-refractivity contribution < 1.29 is 4.74 Å². The Hall–Kier alpha value is -1.06. The monoisotopic (exact) mass is 246 g/mol. The third kappa shape index (κ3) is 2.13. The Morgan fingerprint density at radius 3 is 2.94 bits per heavy atom. The first-order chi connectivity index (χ1) is 8.90. The highest BCUT2D eigenvalue weighted by Crippen LogP contribution is 2.35. The predicted molar refractivity (Wildman–Crippen MR) is 74.0 cm³/mol. The normalized spacial score (nSPS) is 27.9. The molecule has 2 aliphatic rings. The van der Waals surface area contributed by atoms with Gasteiger partial charge in [-0.3, -0.25) is 0 Å². The first-order valence-electron chi connectivity index (χ1n) is 7.00. The van der Waals surface area contributed by atoms with Crippen molar-refractivity contribution >= 4 is 5.69 Å². The van der Waals surface area contributed by atoms with Gasteiger partial charge in [-0.15, -0.1) is 0 Å². The number of ether oxygens (including phenoxy) is 1. The zero-order chi connectivity index (χ0) is 12.4. The number of fused-ring (bicyclic) bond motifs is 1. The van der Waals surface area contributed by atoms with Gasteiger partial charge in [-0.25, -0.2) is 0 Å². The molecule has 0 radical (unpaired) electrons. The standard InChI is InChI=1S/C15H22N2O/c1-16-14-8-9-17(12-5-4-10-18-11-12)15-7-3-2-6-13(14)15/h2-3,6-7,12,14,16H,4-5,8-11H2,1H3. The largest absolute Gasteiger partial charge is 0.379 e. The van der Waals surface area contributed by atoms with E-state index < -0.39 is 0 Å². The molecule has 3 rings (SSSR count). The summed E-state index contributed by atoms with van der Waals surface area (Å²) >= 11 is 0. The third-order valence-corrected chi connectivity index (χ3v) is 4.21. The lowest BCUT2D eigenvalue weighted by Crippen LogP contribution is -2.45. The summed E-state index contributed by atoms with van der Waals surface area (Å²) in [6, 6.07) is 9.87. The van der Waals surface area contributed by atoms with Crippen molar-refractivity contribution in [1.82, 2.24) is 5.32 Å². The number of anilines is 1. The number of rotatable bonds is 2. The van der Waals surface area contributed by atoms with Crippen LogP contribution < -0.4 is 10.2 Å². The summed E-state index contributed by atoms with van der Waals surface area (Å²) in [4.78, 5) is 2.56. The molecule has 1 aromatic carbocycles. The molecular formula is C15H22N2O. The lowest BCUT2D eigenvalue weighted by atomic mass is 9.94. The lowest BCUT2D eigenvalue weighted by Gasteiger charge is -2.42. The number of hydrogen-bond acceptors (Lipinski definition) is 3. The summed E-state index contributed by atoms with van der Waals surface area (Å²) in [7, 11) is 2.06. The Balaban J connectivity index is 1.88. The zero-order valence-electron chi connectivity index (χ0n) is 11.1. The average Bonchev–Trinajstić information content (AvgIpc) is 2.47. The molecule has 18 heavy (non-hydrogen) atoms. The molecule has 0 amide bonds. The fourth-order valence-corrected chi connectivity index (χ4v) is 3.24. The van der Waals surface area contributed by atoms with Crippen LogP contribution in [0.4, 0.5) is 5.69 Å². The van der Waals surface area contributed by atoms with E-state index in [1.165, 1.54) is 30.5 Å². The molecule has 0 bridgehead atoms. The second-order valence-electron chi connectivity index (χ2n) is 5.25. The fraction of sp³-hybridized carbons (Fsp3) is 0.600. The van der Waals surface area contributed by atoms with Crippen molar-refractivity contribution in [1.29, 1.82) is 0 Å². The van der Waals surface area contributed by atoms with Crippen molar-refractivity contribution in [3.63, 3.8) is 0 Å². The van der Waals surface area contributed by atoms with Gasteiger partial charge in [0.2, 0.25) is 0 Å². The second kappa shape index (κ2) is 5.29. The van der Waals surface area contributed by atoms with E-state index >= 15 is 0 Å². The first-order valence-corrected chi connectivity index (χ1v) is 7.00. The van der Waals surface area contributed by atoms with Gasteiger partial charge in [-0.2, -0.15) is 0 Å². The van der Waals surface area contributed by atoms with E-state index in [2.05, 4.69) is 41.5 Å². The SMILES string of the molecule is CNC1CCN(C2CCCOC2)c2ccccc21. The van der Waals surface area contributed by atoms with Gasteiger partial charge in [0.15, 0.2) is 0 Å². The Morgan fingerprint density at radius 1 is 1.28 bits per heavy atom. The van der Waals surface area contributed by atoms with E-state index in [-0.39, 0.29) is 0 Å². The molecule has 0 saturated carbocycles. The summed E-state index contributed by atoms with van der Waals surface area (Å²) < 4.78 is 5.65. The van der Waals surface area contributed by atoms with E-state index in [1.807, 2.05) is 0 Å². The van der Waals surface area contributed by atoms with Crippen molar-refractivity contribution in [3.8, 4) is 0 Å². The molecule has 2 aliphatic heterocycles. The molecule has 2 heterocycles. The number of para-hydroxylation sites is 1. The van der Waals surface area contributed by atoms with Crippen molar-refractivity contribution in [2.45, 2.75) is 31.3 Å². The maximum Gasteiger partial charge on any atom is 0.0669 e. The van der Waals surface area contributed by atoms with E-state index in [9.17, 15) is 0 Å². The molecule has 1 aromatic rings. The molecule has 1 saturated heterocycles. The first kappa shape index (κ1) is 12.0. The van der Waals surface area contributed by atoms with E-state index in [0.717, 1.165) is 19.8 Å². The molecule has 1 N–H and O–H groups in total. The van der Waals surface area contributed by atoms with Gasteiger partial charge in [-0.1, -0.05) is 18.2 Å². The van der Waals surface area contributed by atoms with Crippen LogP contribution in [0.1, 0.15) is 30.9 Å². The fourth-order valence-electron chi connectivity index (χ4n) is 3.24. The van der Waals surface area contributed by atoms with E-state index in [0.29, 0.717) is 12.1 Å². The van der Waals surface area contributed by atoms with Crippen LogP contribution in [0, 0.1) is 0 Å². The Labute approximate surface area is 109 Å². The topological polar surface area (TPSA) is 24.5 Å². The van der Waals surface area contributed by atoms with Crippen LogP contribution in [-0.2, 0) is 4.74 Å². The van der Waals surface area contributed by atoms with Crippen molar-refractivity contribution in [2.24, 2.45) is 0 Å². The van der Waals surface area contributed by atoms with Crippen LogP contribution in [0.3, 0.4) is 0 Å². The molecule has 98 valence electrons. The predicted octanol–water partition coefficient (Wildman–Crippen LogP) is 2.34. The zero-order valence-corrected chi connectivity index (χ0v) is 11.1. The third-order valence-electron chi connectivity index (χ3n) is 4.21. The van der Waals surface area contributed by atoms with Crippen molar-refractivity contribution in [3.05, 3.63) is 29.8 Å². The molecule has 2 atom stereocenters. The summed E-state index contributed by atoms with van der Waals surface area (Å²) in [5.41, 5.74) is 2.84. The van der Waals surface area contributed by atoms with E-state index in [1.54, 1.807) is 0 Å². The number of benzene rings is 1. The second-order valence-corrected chi connectivity index (χ2v) is 5.25. The highest BCUT2D eigenvalue weighted by molar-refractivity contribution is 5.57. The summed E-state index contributed by atoms with van der Waals surface area (Å²) in [5, 5.41) is 3.43.